The number of benzene rings is 1. The highest BCUT2D eigenvalue weighted by Crippen LogP contribution is 2.21. The summed E-state index contributed by atoms with van der Waals surface area (Å²) in [5, 5.41) is 13.7. The molecule has 0 unspecified atom stereocenters. The lowest BCUT2D eigenvalue weighted by molar-refractivity contribution is 0.475. The van der Waals surface area contributed by atoms with Gasteiger partial charge in [0.05, 0.1) is 11.4 Å². The minimum atomic E-state index is 0.0577. The Hall–Kier alpha value is -1.77. The zero-order chi connectivity index (χ0) is 11.8. The maximum atomic E-state index is 9.21. The zero-order valence-electron chi connectivity index (χ0n) is 9.81. The number of nitrogens with zero attached hydrogens (tertiary/aromatic N) is 2. The molecule has 0 atom stereocenters. The molecule has 1 aromatic heterocycles. The zero-order valence-corrected chi connectivity index (χ0v) is 9.81. The van der Waals surface area contributed by atoms with Gasteiger partial charge in [0.1, 0.15) is 5.75 Å². The van der Waals surface area contributed by atoms with Crippen molar-refractivity contribution in [2.45, 2.75) is 26.2 Å². The number of hydrogen-bond donors (Lipinski definition) is 1. The molecule has 2 rings (SSSR count). The number of aromatic nitrogens is 2. The van der Waals surface area contributed by atoms with E-state index in [1.807, 2.05) is 29.1 Å². The van der Waals surface area contributed by atoms with Crippen LogP contribution in [0, 0.1) is 0 Å². The number of rotatable bonds is 1. The summed E-state index contributed by atoms with van der Waals surface area (Å²) in [5.74, 6) is 0.270. The summed E-state index contributed by atoms with van der Waals surface area (Å²) in [6.07, 6.45) is 1.94. The van der Waals surface area contributed by atoms with Crippen molar-refractivity contribution in [2.75, 3.05) is 0 Å². The SMILES string of the molecule is CC(C)(C)c1ccn(-c2ccc(O)cc2)n1. The molecule has 0 bridgehead atoms. The summed E-state index contributed by atoms with van der Waals surface area (Å²) in [6, 6.07) is 9.03. The predicted molar refractivity (Wildman–Crippen MR) is 63.9 cm³/mol. The normalized spacial score (nSPS) is 11.7. The van der Waals surface area contributed by atoms with E-state index in [9.17, 15) is 5.11 Å². The summed E-state index contributed by atoms with van der Waals surface area (Å²) in [5.41, 5.74) is 2.07. The third-order valence-corrected chi connectivity index (χ3v) is 2.47. The van der Waals surface area contributed by atoms with Crippen LogP contribution < -0.4 is 0 Å². The van der Waals surface area contributed by atoms with Crippen LogP contribution in [0.5, 0.6) is 5.75 Å². The molecule has 0 aliphatic rings. The van der Waals surface area contributed by atoms with Crippen LogP contribution in [-0.4, -0.2) is 14.9 Å². The Bertz CT molecular complexity index is 477. The van der Waals surface area contributed by atoms with Gasteiger partial charge in [0.15, 0.2) is 0 Å². The van der Waals surface area contributed by atoms with Crippen molar-refractivity contribution in [3.63, 3.8) is 0 Å². The van der Waals surface area contributed by atoms with E-state index in [4.69, 9.17) is 0 Å². The number of aromatic hydroxyl groups is 1. The first-order valence-electron chi connectivity index (χ1n) is 5.32. The monoisotopic (exact) mass is 216 g/mol. The molecule has 84 valence electrons. The molecule has 1 aromatic carbocycles. The first-order valence-corrected chi connectivity index (χ1v) is 5.32. The van der Waals surface area contributed by atoms with Crippen LogP contribution in [-0.2, 0) is 5.41 Å². The van der Waals surface area contributed by atoms with Gasteiger partial charge in [-0.05, 0) is 30.3 Å². The van der Waals surface area contributed by atoms with Gasteiger partial charge in [0.2, 0.25) is 0 Å². The summed E-state index contributed by atoms with van der Waals surface area (Å²) in [6.45, 7) is 6.41. The Labute approximate surface area is 95.3 Å². The Morgan fingerprint density at radius 2 is 1.69 bits per heavy atom. The van der Waals surface area contributed by atoms with Crippen LogP contribution in [0.25, 0.3) is 5.69 Å². The number of phenols is 1. The van der Waals surface area contributed by atoms with E-state index in [1.165, 1.54) is 0 Å². The van der Waals surface area contributed by atoms with Crippen LogP contribution in [0.2, 0.25) is 0 Å². The van der Waals surface area contributed by atoms with Crippen molar-refractivity contribution >= 4 is 0 Å². The van der Waals surface area contributed by atoms with E-state index in [1.54, 1.807) is 12.1 Å². The van der Waals surface area contributed by atoms with E-state index in [0.29, 0.717) is 0 Å². The smallest absolute Gasteiger partial charge is 0.115 e. The van der Waals surface area contributed by atoms with Gasteiger partial charge in [0.25, 0.3) is 0 Å². The van der Waals surface area contributed by atoms with Crippen molar-refractivity contribution in [1.82, 2.24) is 9.78 Å². The molecule has 0 fully saturated rings. The van der Waals surface area contributed by atoms with E-state index in [2.05, 4.69) is 25.9 Å². The second-order valence-electron chi connectivity index (χ2n) is 4.91. The van der Waals surface area contributed by atoms with Crippen molar-refractivity contribution in [2.24, 2.45) is 0 Å². The quantitative estimate of drug-likeness (QED) is 0.796. The molecule has 0 amide bonds. The van der Waals surface area contributed by atoms with E-state index in [0.717, 1.165) is 11.4 Å². The molecule has 16 heavy (non-hydrogen) atoms. The molecular weight excluding hydrogens is 200 g/mol. The maximum Gasteiger partial charge on any atom is 0.115 e. The first kappa shape index (κ1) is 10.7. The number of hydrogen-bond acceptors (Lipinski definition) is 2. The van der Waals surface area contributed by atoms with Gasteiger partial charge < -0.3 is 5.11 Å². The Kier molecular flexibility index (Phi) is 2.46. The first-order chi connectivity index (χ1) is 7.47. The predicted octanol–water partition coefficient (Wildman–Crippen LogP) is 2.88. The lowest BCUT2D eigenvalue weighted by Crippen LogP contribution is -2.12. The molecule has 2 aromatic rings. The van der Waals surface area contributed by atoms with Crippen molar-refractivity contribution in [3.8, 4) is 11.4 Å². The minimum absolute atomic E-state index is 0.0577. The average Bonchev–Trinajstić information content (AvgIpc) is 2.67. The Morgan fingerprint density at radius 1 is 1.06 bits per heavy atom. The molecule has 0 spiro atoms. The summed E-state index contributed by atoms with van der Waals surface area (Å²) >= 11 is 0. The van der Waals surface area contributed by atoms with Gasteiger partial charge in [-0.3, -0.25) is 0 Å². The Balaban J connectivity index is 2.35. The lowest BCUT2D eigenvalue weighted by Gasteiger charge is -2.14. The summed E-state index contributed by atoms with van der Waals surface area (Å²) in [7, 11) is 0. The molecule has 3 nitrogen and oxygen atoms in total. The molecule has 0 saturated heterocycles. The Morgan fingerprint density at radius 3 is 2.19 bits per heavy atom. The maximum absolute atomic E-state index is 9.21. The highest BCUT2D eigenvalue weighted by atomic mass is 16.3. The molecule has 0 saturated carbocycles. The van der Waals surface area contributed by atoms with Gasteiger partial charge in [-0.15, -0.1) is 0 Å². The highest BCUT2D eigenvalue weighted by molar-refractivity contribution is 5.36. The van der Waals surface area contributed by atoms with Gasteiger partial charge >= 0.3 is 0 Å². The van der Waals surface area contributed by atoms with E-state index in [-0.39, 0.29) is 11.2 Å². The van der Waals surface area contributed by atoms with Crippen LogP contribution in [0.1, 0.15) is 26.5 Å². The number of phenolic OH excluding ortho intramolecular Hbond substituents is 1. The van der Waals surface area contributed by atoms with Crippen molar-refractivity contribution in [1.29, 1.82) is 0 Å². The van der Waals surface area contributed by atoms with Crippen LogP contribution >= 0.6 is 0 Å². The third-order valence-electron chi connectivity index (χ3n) is 2.47. The van der Waals surface area contributed by atoms with Gasteiger partial charge in [-0.2, -0.15) is 5.10 Å². The largest absolute Gasteiger partial charge is 0.508 e. The van der Waals surface area contributed by atoms with E-state index >= 15 is 0 Å². The second-order valence-corrected chi connectivity index (χ2v) is 4.91. The van der Waals surface area contributed by atoms with Crippen LogP contribution in [0.15, 0.2) is 36.5 Å². The fourth-order valence-electron chi connectivity index (χ4n) is 1.47. The fraction of sp³-hybridized carbons (Fsp3) is 0.308. The second kappa shape index (κ2) is 3.67. The summed E-state index contributed by atoms with van der Waals surface area (Å²) in [4.78, 5) is 0. The standard InChI is InChI=1S/C13H16N2O/c1-13(2,3)12-8-9-15(14-12)10-4-6-11(16)7-5-10/h4-9,16H,1-3H3. The average molecular weight is 216 g/mol. The molecule has 1 heterocycles. The minimum Gasteiger partial charge on any atom is -0.508 e. The molecule has 0 aliphatic carbocycles. The third kappa shape index (κ3) is 2.08. The molecule has 0 aliphatic heterocycles. The molecule has 3 heteroatoms. The highest BCUT2D eigenvalue weighted by Gasteiger charge is 2.16. The van der Waals surface area contributed by atoms with Crippen LogP contribution in [0.4, 0.5) is 0 Å². The van der Waals surface area contributed by atoms with Crippen LogP contribution in [0.3, 0.4) is 0 Å². The fourth-order valence-corrected chi connectivity index (χ4v) is 1.47. The topological polar surface area (TPSA) is 38.0 Å². The lowest BCUT2D eigenvalue weighted by atomic mass is 9.93. The molecular formula is C13H16N2O. The van der Waals surface area contributed by atoms with Crippen molar-refractivity contribution < 1.29 is 5.11 Å². The van der Waals surface area contributed by atoms with Gasteiger partial charge in [-0.1, -0.05) is 20.8 Å². The van der Waals surface area contributed by atoms with Crippen molar-refractivity contribution in [3.05, 3.63) is 42.2 Å². The summed E-state index contributed by atoms with van der Waals surface area (Å²) < 4.78 is 1.82. The van der Waals surface area contributed by atoms with Gasteiger partial charge in [0, 0.05) is 11.6 Å². The van der Waals surface area contributed by atoms with Gasteiger partial charge in [-0.25, -0.2) is 4.68 Å². The molecule has 0 radical (unpaired) electrons. The molecule has 1 N–H and O–H groups in total. The van der Waals surface area contributed by atoms with E-state index < -0.39 is 0 Å².